The lowest BCUT2D eigenvalue weighted by Crippen LogP contribution is -2.37. The van der Waals surface area contributed by atoms with Crippen molar-refractivity contribution < 1.29 is 9.53 Å². The predicted molar refractivity (Wildman–Crippen MR) is 193 cm³/mol. The molecule has 2 rings (SSSR count). The molecule has 2 aromatic rings. The van der Waals surface area contributed by atoms with E-state index in [0.29, 0.717) is 24.2 Å². The minimum atomic E-state index is -0.360. The molecule has 0 unspecified atom stereocenters. The summed E-state index contributed by atoms with van der Waals surface area (Å²) in [4.78, 5) is 39.0. The first-order chi connectivity index (χ1) is 22.3. The fraction of sp³-hybridized carbons (Fsp3) is 0.789. The zero-order valence-corrected chi connectivity index (χ0v) is 30.3. The second-order valence-electron chi connectivity index (χ2n) is 13.0. The molecular formula is C38H68N4O4. The van der Waals surface area contributed by atoms with Gasteiger partial charge in [0.05, 0.1) is 12.9 Å². The van der Waals surface area contributed by atoms with Gasteiger partial charge in [-0.15, -0.1) is 0 Å². The number of aromatic nitrogens is 4. The number of imidazole rings is 1. The van der Waals surface area contributed by atoms with Gasteiger partial charge in [0.15, 0.2) is 11.2 Å². The standard InChI is InChI=1S/C30H58O2.C8H10N4O2/c1-3-5-7-9-11-13-15-16-17-19-21-23-25-27-29-32-30(31)28-26-24-22-20-18-14-12-10-8-6-4-2;1-10-4-9-6-5(10)7(13)12(3)8(14)11(6)2/h10,12H,3-9,11,13-29H2,1-2H3;4H,1-3H3/b12-10-;. The number of fused-ring (bicyclic) bond motifs is 1. The molecule has 2 heterocycles. The lowest BCUT2D eigenvalue weighted by molar-refractivity contribution is -0.143. The van der Waals surface area contributed by atoms with Crippen LogP contribution in [0.3, 0.4) is 0 Å². The highest BCUT2D eigenvalue weighted by molar-refractivity contribution is 5.69. The van der Waals surface area contributed by atoms with Crippen molar-refractivity contribution in [3.8, 4) is 0 Å². The number of nitrogens with zero attached hydrogens (tertiary/aromatic N) is 4. The van der Waals surface area contributed by atoms with Crippen molar-refractivity contribution in [1.82, 2.24) is 18.7 Å². The van der Waals surface area contributed by atoms with E-state index in [1.165, 1.54) is 146 Å². The molecule has 2 aromatic heterocycles. The summed E-state index contributed by atoms with van der Waals surface area (Å²) in [5.74, 6) is 0.0125. The first-order valence-electron chi connectivity index (χ1n) is 18.7. The summed E-state index contributed by atoms with van der Waals surface area (Å²) in [5.41, 5.74) is 0.180. The molecule has 0 saturated heterocycles. The molecule has 0 aromatic carbocycles. The highest BCUT2D eigenvalue weighted by Gasteiger charge is 2.11. The Labute approximate surface area is 280 Å². The van der Waals surface area contributed by atoms with Gasteiger partial charge in [-0.2, -0.15) is 0 Å². The smallest absolute Gasteiger partial charge is 0.332 e. The van der Waals surface area contributed by atoms with Crippen LogP contribution in [0.4, 0.5) is 0 Å². The third-order valence-corrected chi connectivity index (χ3v) is 8.72. The fourth-order valence-electron chi connectivity index (χ4n) is 5.65. The number of rotatable bonds is 26. The van der Waals surface area contributed by atoms with E-state index >= 15 is 0 Å². The van der Waals surface area contributed by atoms with Crippen LogP contribution >= 0.6 is 0 Å². The molecule has 8 heteroatoms. The van der Waals surface area contributed by atoms with Crippen LogP contribution in [0.15, 0.2) is 28.1 Å². The molecule has 8 nitrogen and oxygen atoms in total. The molecule has 0 amide bonds. The van der Waals surface area contributed by atoms with Crippen molar-refractivity contribution in [2.45, 2.75) is 168 Å². The lowest BCUT2D eigenvalue weighted by atomic mass is 10.0. The number of hydrogen-bond donors (Lipinski definition) is 0. The number of esters is 1. The summed E-state index contributed by atoms with van der Waals surface area (Å²) in [6, 6.07) is 0. The van der Waals surface area contributed by atoms with E-state index < -0.39 is 0 Å². The quantitative estimate of drug-likeness (QED) is 0.0578. The molecule has 0 aliphatic rings. The van der Waals surface area contributed by atoms with Gasteiger partial charge in [-0.1, -0.05) is 142 Å². The normalized spacial score (nSPS) is 11.3. The molecule has 0 radical (unpaired) electrons. The maximum atomic E-state index is 11.8. The van der Waals surface area contributed by atoms with Crippen LogP contribution in [0.5, 0.6) is 0 Å². The van der Waals surface area contributed by atoms with E-state index in [1.807, 2.05) is 0 Å². The van der Waals surface area contributed by atoms with Crippen LogP contribution < -0.4 is 11.2 Å². The van der Waals surface area contributed by atoms with E-state index in [1.54, 1.807) is 18.7 Å². The second kappa shape index (κ2) is 27.5. The zero-order valence-electron chi connectivity index (χ0n) is 30.3. The number of hydrogen-bond acceptors (Lipinski definition) is 5. The number of aryl methyl sites for hydroxylation is 2. The number of carbonyl (C=O) groups excluding carboxylic acids is 1. The summed E-state index contributed by atoms with van der Waals surface area (Å²) in [6.07, 6.45) is 36.8. The maximum Gasteiger partial charge on any atom is 0.332 e. The van der Waals surface area contributed by atoms with Crippen LogP contribution in [-0.2, 0) is 30.7 Å². The Bertz CT molecular complexity index is 1190. The van der Waals surface area contributed by atoms with Crippen molar-refractivity contribution in [3.63, 3.8) is 0 Å². The van der Waals surface area contributed by atoms with Crippen molar-refractivity contribution in [2.75, 3.05) is 6.61 Å². The van der Waals surface area contributed by atoms with Crippen LogP contribution in [-0.4, -0.2) is 31.3 Å². The Hall–Kier alpha value is -2.64. The first-order valence-corrected chi connectivity index (χ1v) is 18.7. The fourth-order valence-corrected chi connectivity index (χ4v) is 5.65. The molecule has 0 spiro atoms. The molecule has 46 heavy (non-hydrogen) atoms. The third kappa shape index (κ3) is 18.5. The molecule has 0 aliphatic heterocycles. The third-order valence-electron chi connectivity index (χ3n) is 8.72. The zero-order chi connectivity index (χ0) is 33.8. The van der Waals surface area contributed by atoms with Crippen molar-refractivity contribution in [1.29, 1.82) is 0 Å². The van der Waals surface area contributed by atoms with Gasteiger partial charge >= 0.3 is 11.7 Å². The summed E-state index contributed by atoms with van der Waals surface area (Å²) < 4.78 is 9.43. The van der Waals surface area contributed by atoms with E-state index in [-0.39, 0.29) is 17.2 Å². The first kappa shape index (κ1) is 41.4. The monoisotopic (exact) mass is 645 g/mol. The van der Waals surface area contributed by atoms with E-state index in [4.69, 9.17) is 4.74 Å². The number of unbranched alkanes of at least 4 members (excludes halogenated alkanes) is 20. The second-order valence-corrected chi connectivity index (χ2v) is 13.0. The molecular weight excluding hydrogens is 576 g/mol. The van der Waals surface area contributed by atoms with Crippen molar-refractivity contribution >= 4 is 17.1 Å². The van der Waals surface area contributed by atoms with Gasteiger partial charge in [0.2, 0.25) is 0 Å². The molecule has 0 aliphatic carbocycles. The Morgan fingerprint density at radius 1 is 0.652 bits per heavy atom. The van der Waals surface area contributed by atoms with Gasteiger partial charge in [-0.05, 0) is 32.1 Å². The van der Waals surface area contributed by atoms with Gasteiger partial charge < -0.3 is 9.30 Å². The Kier molecular flexibility index (Phi) is 24.7. The summed E-state index contributed by atoms with van der Waals surface area (Å²) in [6.45, 7) is 5.15. The van der Waals surface area contributed by atoms with Gasteiger partial charge in [0.25, 0.3) is 5.56 Å². The van der Waals surface area contributed by atoms with Crippen molar-refractivity contribution in [3.05, 3.63) is 39.3 Å². The van der Waals surface area contributed by atoms with Gasteiger partial charge in [-0.25, -0.2) is 9.78 Å². The van der Waals surface area contributed by atoms with E-state index in [2.05, 4.69) is 31.0 Å². The number of allylic oxidation sites excluding steroid dienone is 2. The summed E-state index contributed by atoms with van der Waals surface area (Å²) in [5, 5.41) is 0. The lowest BCUT2D eigenvalue weighted by Gasteiger charge is -2.05. The molecule has 0 bridgehead atoms. The molecule has 0 N–H and O–H groups in total. The molecule has 0 saturated carbocycles. The average Bonchev–Trinajstić information content (AvgIpc) is 3.45. The van der Waals surface area contributed by atoms with Crippen LogP contribution in [0.2, 0.25) is 0 Å². The highest BCUT2D eigenvalue weighted by atomic mass is 16.5. The SMILES string of the molecule is CCCC/C=C\CCCCCCCC(=O)OCCCCCCCCCCCCCCCC.Cn1c(=O)c2c(ncn2C)n(C)c1=O. The predicted octanol–water partition coefficient (Wildman–Crippen LogP) is 9.46. The summed E-state index contributed by atoms with van der Waals surface area (Å²) in [7, 11) is 4.77. The Morgan fingerprint density at radius 2 is 1.13 bits per heavy atom. The summed E-state index contributed by atoms with van der Waals surface area (Å²) >= 11 is 0. The molecule has 0 atom stereocenters. The number of ether oxygens (including phenoxy) is 1. The van der Waals surface area contributed by atoms with Gasteiger partial charge in [0, 0.05) is 27.6 Å². The maximum absolute atomic E-state index is 11.8. The molecule has 264 valence electrons. The van der Waals surface area contributed by atoms with E-state index in [0.717, 1.165) is 23.8 Å². The minimum Gasteiger partial charge on any atom is -0.466 e. The average molecular weight is 645 g/mol. The highest BCUT2D eigenvalue weighted by Crippen LogP contribution is 2.13. The molecule has 0 fully saturated rings. The van der Waals surface area contributed by atoms with Gasteiger partial charge in [-0.3, -0.25) is 18.7 Å². The minimum absolute atomic E-state index is 0.0125. The largest absolute Gasteiger partial charge is 0.466 e. The van der Waals surface area contributed by atoms with Crippen LogP contribution in [0.1, 0.15) is 168 Å². The topological polar surface area (TPSA) is 88.1 Å². The van der Waals surface area contributed by atoms with E-state index in [9.17, 15) is 14.4 Å². The van der Waals surface area contributed by atoms with Gasteiger partial charge in [0.1, 0.15) is 0 Å². The van der Waals surface area contributed by atoms with Crippen LogP contribution in [0.25, 0.3) is 11.2 Å². The number of carbonyl (C=O) groups is 1. The van der Waals surface area contributed by atoms with Crippen molar-refractivity contribution in [2.24, 2.45) is 21.1 Å². The van der Waals surface area contributed by atoms with Crippen LogP contribution in [0, 0.1) is 0 Å². The Morgan fingerprint density at radius 3 is 1.70 bits per heavy atom. The Balaban J connectivity index is 0.000000617.